The Morgan fingerprint density at radius 3 is 2.90 bits per heavy atom. The van der Waals surface area contributed by atoms with E-state index >= 15 is 0 Å². The average Bonchev–Trinajstić information content (AvgIpc) is 2.84. The molecule has 0 fully saturated rings. The number of nitrogens with zero attached hydrogens (tertiary/aromatic N) is 3. The van der Waals surface area contributed by atoms with Crippen molar-refractivity contribution >= 4 is 17.6 Å². The van der Waals surface area contributed by atoms with Crippen molar-refractivity contribution in [2.45, 2.75) is 19.9 Å². The minimum Gasteiger partial charge on any atom is -0.481 e. The van der Waals surface area contributed by atoms with Crippen LogP contribution in [0, 0.1) is 0 Å². The summed E-state index contributed by atoms with van der Waals surface area (Å²) in [5.41, 5.74) is 2.11. The quantitative estimate of drug-likeness (QED) is 0.858. The Balaban J connectivity index is 2.15. The van der Waals surface area contributed by atoms with Gasteiger partial charge in [0.2, 0.25) is 5.91 Å². The van der Waals surface area contributed by atoms with Gasteiger partial charge < -0.3 is 10.4 Å². The molecular formula is C13H14N4O3. The molecule has 2 aromatic rings. The predicted molar refractivity (Wildman–Crippen MR) is 72.0 cm³/mol. The summed E-state index contributed by atoms with van der Waals surface area (Å²) >= 11 is 0. The predicted octanol–water partition coefficient (Wildman–Crippen LogP) is 1.38. The molecule has 0 aliphatic carbocycles. The third-order valence-corrected chi connectivity index (χ3v) is 2.57. The van der Waals surface area contributed by atoms with Crippen LogP contribution in [0.4, 0.5) is 5.69 Å². The topological polar surface area (TPSA) is 97.1 Å². The van der Waals surface area contributed by atoms with Crippen LogP contribution in [0.2, 0.25) is 0 Å². The van der Waals surface area contributed by atoms with Gasteiger partial charge in [0.05, 0.1) is 19.2 Å². The molecule has 0 unspecified atom stereocenters. The maximum absolute atomic E-state index is 11.0. The van der Waals surface area contributed by atoms with E-state index in [1.165, 1.54) is 11.6 Å². The lowest BCUT2D eigenvalue weighted by molar-refractivity contribution is -0.137. The highest BCUT2D eigenvalue weighted by Gasteiger charge is 2.06. The monoisotopic (exact) mass is 274 g/mol. The molecule has 0 saturated carbocycles. The Kier molecular flexibility index (Phi) is 4.09. The van der Waals surface area contributed by atoms with Crippen LogP contribution in [0.5, 0.6) is 0 Å². The maximum Gasteiger partial charge on any atom is 0.305 e. The molecule has 1 amide bonds. The highest BCUT2D eigenvalue weighted by atomic mass is 16.4. The summed E-state index contributed by atoms with van der Waals surface area (Å²) in [5.74, 6) is -1.03. The van der Waals surface area contributed by atoms with Crippen molar-refractivity contribution in [1.29, 1.82) is 0 Å². The molecule has 0 aliphatic heterocycles. The Bertz CT molecular complexity index is 636. The van der Waals surface area contributed by atoms with E-state index in [1.54, 1.807) is 24.4 Å². The number of hydrogen-bond acceptors (Lipinski definition) is 4. The summed E-state index contributed by atoms with van der Waals surface area (Å²) in [6.45, 7) is 1.71. The van der Waals surface area contributed by atoms with E-state index in [-0.39, 0.29) is 18.9 Å². The van der Waals surface area contributed by atoms with Crippen LogP contribution in [0.1, 0.15) is 13.3 Å². The zero-order chi connectivity index (χ0) is 14.5. The van der Waals surface area contributed by atoms with E-state index < -0.39 is 5.97 Å². The lowest BCUT2D eigenvalue weighted by Gasteiger charge is -2.03. The Morgan fingerprint density at radius 2 is 2.20 bits per heavy atom. The molecule has 0 bridgehead atoms. The van der Waals surface area contributed by atoms with Crippen molar-refractivity contribution in [2.75, 3.05) is 5.32 Å². The zero-order valence-electron chi connectivity index (χ0n) is 10.9. The Hall–Kier alpha value is -2.70. The number of aliphatic carboxylic acids is 1. The minimum atomic E-state index is -0.880. The van der Waals surface area contributed by atoms with Crippen LogP contribution < -0.4 is 5.32 Å². The molecule has 0 spiro atoms. The number of aryl methyl sites for hydroxylation is 1. The number of aromatic nitrogens is 3. The molecule has 20 heavy (non-hydrogen) atoms. The van der Waals surface area contributed by atoms with Gasteiger partial charge >= 0.3 is 5.97 Å². The number of carboxylic acid groups (broad SMARTS) is 1. The van der Waals surface area contributed by atoms with Gasteiger partial charge in [-0.15, -0.1) is 5.10 Å². The molecule has 7 nitrogen and oxygen atoms in total. The summed E-state index contributed by atoms with van der Waals surface area (Å²) in [7, 11) is 0. The molecule has 2 N–H and O–H groups in total. The largest absolute Gasteiger partial charge is 0.481 e. The fraction of sp³-hybridized carbons (Fsp3) is 0.231. The molecule has 1 aromatic heterocycles. The third-order valence-electron chi connectivity index (χ3n) is 2.57. The first-order chi connectivity index (χ1) is 9.54. The molecule has 2 rings (SSSR count). The van der Waals surface area contributed by atoms with Crippen LogP contribution >= 0.6 is 0 Å². The lowest BCUT2D eigenvalue weighted by atomic mass is 10.1. The number of carbonyl (C=O) groups excluding carboxylic acids is 1. The van der Waals surface area contributed by atoms with Gasteiger partial charge in [-0.3, -0.25) is 14.3 Å². The molecule has 1 heterocycles. The second-order valence-corrected chi connectivity index (χ2v) is 4.27. The number of amides is 1. The van der Waals surface area contributed by atoms with Crippen LogP contribution in [0.15, 0.2) is 30.5 Å². The molecule has 0 aliphatic rings. The van der Waals surface area contributed by atoms with Crippen LogP contribution in [-0.2, 0) is 16.1 Å². The zero-order valence-corrected chi connectivity index (χ0v) is 10.9. The molecule has 1 aromatic carbocycles. The summed E-state index contributed by atoms with van der Waals surface area (Å²) in [6, 6.07) is 7.21. The lowest BCUT2D eigenvalue weighted by Crippen LogP contribution is -2.05. The number of carboxylic acids is 1. The fourth-order valence-electron chi connectivity index (χ4n) is 1.71. The highest BCUT2D eigenvalue weighted by molar-refractivity contribution is 5.89. The van der Waals surface area contributed by atoms with Crippen molar-refractivity contribution in [3.05, 3.63) is 30.5 Å². The number of benzene rings is 1. The van der Waals surface area contributed by atoms with Gasteiger partial charge in [0.15, 0.2) is 0 Å². The van der Waals surface area contributed by atoms with E-state index in [1.807, 2.05) is 6.07 Å². The standard InChI is InChI=1S/C13H14N4O3/c1-9(18)14-11-4-2-3-10(7-11)12-8-17(16-15-12)6-5-13(19)20/h2-4,7-8H,5-6H2,1H3,(H,14,18)(H,19,20). The first-order valence-electron chi connectivity index (χ1n) is 6.04. The minimum absolute atomic E-state index is 0.00523. The molecule has 0 saturated heterocycles. The van der Waals surface area contributed by atoms with E-state index in [4.69, 9.17) is 5.11 Å². The second-order valence-electron chi connectivity index (χ2n) is 4.27. The Morgan fingerprint density at radius 1 is 1.40 bits per heavy atom. The molecule has 0 radical (unpaired) electrons. The molecular weight excluding hydrogens is 260 g/mol. The number of nitrogens with one attached hydrogen (secondary N) is 1. The van der Waals surface area contributed by atoms with Crippen LogP contribution in [0.25, 0.3) is 11.3 Å². The number of hydrogen-bond donors (Lipinski definition) is 2. The number of anilines is 1. The first kappa shape index (κ1) is 13.7. The van der Waals surface area contributed by atoms with Gasteiger partial charge in [-0.25, -0.2) is 0 Å². The number of carbonyl (C=O) groups is 2. The van der Waals surface area contributed by atoms with Crippen molar-refractivity contribution in [1.82, 2.24) is 15.0 Å². The maximum atomic E-state index is 11.0. The summed E-state index contributed by atoms with van der Waals surface area (Å²) in [5, 5.41) is 19.2. The van der Waals surface area contributed by atoms with Gasteiger partial charge in [-0.2, -0.15) is 0 Å². The van der Waals surface area contributed by atoms with Crippen molar-refractivity contribution in [2.24, 2.45) is 0 Å². The molecule has 104 valence electrons. The molecule has 7 heteroatoms. The summed E-state index contributed by atoms with van der Waals surface area (Å²) in [4.78, 5) is 21.5. The van der Waals surface area contributed by atoms with Crippen molar-refractivity contribution in [3.63, 3.8) is 0 Å². The smallest absolute Gasteiger partial charge is 0.305 e. The number of rotatable bonds is 5. The average molecular weight is 274 g/mol. The van der Waals surface area contributed by atoms with E-state index in [0.717, 1.165) is 5.56 Å². The highest BCUT2D eigenvalue weighted by Crippen LogP contribution is 2.20. The fourth-order valence-corrected chi connectivity index (χ4v) is 1.71. The Labute approximate surface area is 115 Å². The van der Waals surface area contributed by atoms with Gasteiger partial charge in [-0.05, 0) is 12.1 Å². The first-order valence-corrected chi connectivity index (χ1v) is 6.04. The second kappa shape index (κ2) is 5.96. The summed E-state index contributed by atoms with van der Waals surface area (Å²) < 4.78 is 1.48. The normalized spacial score (nSPS) is 10.2. The van der Waals surface area contributed by atoms with E-state index in [9.17, 15) is 9.59 Å². The van der Waals surface area contributed by atoms with Crippen LogP contribution in [-0.4, -0.2) is 32.0 Å². The van der Waals surface area contributed by atoms with Gasteiger partial charge in [0, 0.05) is 18.2 Å². The molecule has 0 atom stereocenters. The van der Waals surface area contributed by atoms with Crippen LogP contribution in [0.3, 0.4) is 0 Å². The van der Waals surface area contributed by atoms with Gasteiger partial charge in [0.1, 0.15) is 5.69 Å². The van der Waals surface area contributed by atoms with E-state index in [2.05, 4.69) is 15.6 Å². The third kappa shape index (κ3) is 3.64. The van der Waals surface area contributed by atoms with Gasteiger partial charge in [-0.1, -0.05) is 17.3 Å². The van der Waals surface area contributed by atoms with Gasteiger partial charge in [0.25, 0.3) is 0 Å². The summed E-state index contributed by atoms with van der Waals surface area (Å²) in [6.07, 6.45) is 1.67. The SMILES string of the molecule is CC(=O)Nc1cccc(-c2cn(CCC(=O)O)nn2)c1. The van der Waals surface area contributed by atoms with Crippen molar-refractivity contribution < 1.29 is 14.7 Å². The van der Waals surface area contributed by atoms with Crippen molar-refractivity contribution in [3.8, 4) is 11.3 Å². The van der Waals surface area contributed by atoms with E-state index in [0.29, 0.717) is 11.4 Å².